The van der Waals surface area contributed by atoms with E-state index in [4.69, 9.17) is 0 Å². The number of carbonyl (C=O) groups excluding carboxylic acids is 2. The third kappa shape index (κ3) is 4.04. The Hall–Kier alpha value is -2.41. The molecule has 0 aromatic carbocycles. The maximum Gasteiger partial charge on any atom is 0.290 e. The third-order valence-corrected chi connectivity index (χ3v) is 4.69. The Morgan fingerprint density at radius 1 is 1.15 bits per heavy atom. The number of likely N-dealkylation sites (N-methyl/N-ethyl adjacent to an activating group) is 1. The highest BCUT2D eigenvalue weighted by atomic mass is 16.2. The number of imidazole rings is 1. The second-order valence-electron chi connectivity index (χ2n) is 7.01. The smallest absolute Gasteiger partial charge is 0.290 e. The molecule has 1 aliphatic heterocycles. The molecule has 2 amide bonds. The van der Waals surface area contributed by atoms with Gasteiger partial charge in [0.25, 0.3) is 11.8 Å². The maximum atomic E-state index is 13.0. The number of nitrogens with zero attached hydrogens (tertiary/aromatic N) is 4. The van der Waals surface area contributed by atoms with Crippen LogP contribution in [0.5, 0.6) is 0 Å². The summed E-state index contributed by atoms with van der Waals surface area (Å²) in [6.45, 7) is 2.79. The van der Waals surface area contributed by atoms with Crippen LogP contribution in [0.15, 0.2) is 24.4 Å². The third-order valence-electron chi connectivity index (χ3n) is 4.69. The van der Waals surface area contributed by atoms with Gasteiger partial charge in [-0.2, -0.15) is 0 Å². The monoisotopic (exact) mass is 357 g/mol. The van der Waals surface area contributed by atoms with E-state index < -0.39 is 0 Å². The van der Waals surface area contributed by atoms with Crippen LogP contribution in [0.3, 0.4) is 0 Å². The molecule has 1 aliphatic rings. The fourth-order valence-electron chi connectivity index (χ4n) is 3.25. The second kappa shape index (κ2) is 8.31. The minimum absolute atomic E-state index is 0.0968. The number of pyridine rings is 1. The van der Waals surface area contributed by atoms with E-state index in [2.05, 4.69) is 10.3 Å². The van der Waals surface area contributed by atoms with Crippen LogP contribution in [0.25, 0.3) is 5.52 Å². The lowest BCUT2D eigenvalue weighted by Crippen LogP contribution is -2.33. The largest absolute Gasteiger partial charge is 0.349 e. The Kier molecular flexibility index (Phi) is 5.88. The zero-order valence-electron chi connectivity index (χ0n) is 15.6. The van der Waals surface area contributed by atoms with Crippen LogP contribution in [0.4, 0.5) is 0 Å². The lowest BCUT2D eigenvalue weighted by atomic mass is 10.2. The minimum atomic E-state index is -0.245. The summed E-state index contributed by atoms with van der Waals surface area (Å²) < 4.78 is 1.73. The van der Waals surface area contributed by atoms with E-state index >= 15 is 0 Å². The van der Waals surface area contributed by atoms with Crippen molar-refractivity contribution in [2.24, 2.45) is 0 Å². The summed E-state index contributed by atoms with van der Waals surface area (Å²) in [5.41, 5.74) is 0.968. The first-order valence-corrected chi connectivity index (χ1v) is 9.27. The Labute approximate surface area is 154 Å². The van der Waals surface area contributed by atoms with Crippen LogP contribution < -0.4 is 5.32 Å². The summed E-state index contributed by atoms with van der Waals surface area (Å²) >= 11 is 0. The van der Waals surface area contributed by atoms with Crippen LogP contribution in [-0.2, 0) is 0 Å². The molecule has 7 heteroatoms. The molecule has 2 aromatic heterocycles. The molecule has 2 aromatic rings. The molecule has 0 unspecified atom stereocenters. The molecule has 1 fully saturated rings. The van der Waals surface area contributed by atoms with Crippen LogP contribution in [0.1, 0.15) is 46.8 Å². The Morgan fingerprint density at radius 3 is 2.58 bits per heavy atom. The van der Waals surface area contributed by atoms with Gasteiger partial charge in [-0.25, -0.2) is 4.98 Å². The van der Waals surface area contributed by atoms with Crippen molar-refractivity contribution in [2.75, 3.05) is 40.3 Å². The summed E-state index contributed by atoms with van der Waals surface area (Å²) in [7, 11) is 3.91. The van der Waals surface area contributed by atoms with E-state index in [9.17, 15) is 9.59 Å². The molecule has 0 atom stereocenters. The number of aromatic nitrogens is 2. The SMILES string of the molecule is CN(C)CCNC(=O)c1nc(C(=O)N2CCCCCC2)n2ccccc12. The van der Waals surface area contributed by atoms with Crippen LogP contribution in [0, 0.1) is 0 Å². The molecule has 0 aliphatic carbocycles. The van der Waals surface area contributed by atoms with Crippen molar-refractivity contribution < 1.29 is 9.59 Å². The van der Waals surface area contributed by atoms with Gasteiger partial charge in [-0.3, -0.25) is 14.0 Å². The van der Waals surface area contributed by atoms with E-state index in [1.54, 1.807) is 10.6 Å². The first kappa shape index (κ1) is 18.4. The van der Waals surface area contributed by atoms with E-state index in [1.807, 2.05) is 42.1 Å². The van der Waals surface area contributed by atoms with Crippen molar-refractivity contribution in [1.29, 1.82) is 0 Å². The number of likely N-dealkylation sites (tertiary alicyclic amines) is 1. The van der Waals surface area contributed by atoms with Gasteiger partial charge in [0.15, 0.2) is 5.69 Å². The van der Waals surface area contributed by atoms with Gasteiger partial charge in [-0.15, -0.1) is 0 Å². The molecule has 0 spiro atoms. The highest BCUT2D eigenvalue weighted by molar-refractivity contribution is 6.02. The summed E-state index contributed by atoms with van der Waals surface area (Å²) in [5, 5.41) is 2.88. The molecule has 26 heavy (non-hydrogen) atoms. The van der Waals surface area contributed by atoms with E-state index in [1.165, 1.54) is 0 Å². The average Bonchev–Trinajstić information content (AvgIpc) is 2.81. The van der Waals surface area contributed by atoms with Crippen molar-refractivity contribution in [1.82, 2.24) is 24.5 Å². The maximum absolute atomic E-state index is 13.0. The molecule has 0 radical (unpaired) electrons. The van der Waals surface area contributed by atoms with Gasteiger partial charge in [0, 0.05) is 32.4 Å². The molecule has 7 nitrogen and oxygen atoms in total. The van der Waals surface area contributed by atoms with Gasteiger partial charge in [0.1, 0.15) is 0 Å². The number of fused-ring (bicyclic) bond motifs is 1. The van der Waals surface area contributed by atoms with E-state index in [0.29, 0.717) is 23.6 Å². The van der Waals surface area contributed by atoms with Crippen molar-refractivity contribution in [2.45, 2.75) is 25.7 Å². The minimum Gasteiger partial charge on any atom is -0.349 e. The quantitative estimate of drug-likeness (QED) is 0.883. The lowest BCUT2D eigenvalue weighted by molar-refractivity contribution is 0.0748. The zero-order chi connectivity index (χ0) is 18.5. The number of amides is 2. The fraction of sp³-hybridized carbons (Fsp3) is 0.526. The van der Waals surface area contributed by atoms with Gasteiger partial charge in [0.2, 0.25) is 5.82 Å². The average molecular weight is 357 g/mol. The molecule has 0 saturated carbocycles. The van der Waals surface area contributed by atoms with Crippen LogP contribution in [-0.4, -0.2) is 71.3 Å². The molecular formula is C19H27N5O2. The standard InChI is InChI=1S/C19H27N5O2/c1-22(2)14-10-20-18(25)16-15-9-5-8-13-24(15)17(21-16)19(26)23-11-6-3-4-7-12-23/h5,8-9,13H,3-4,6-7,10-12,14H2,1-2H3,(H,20,25). The van der Waals surface area contributed by atoms with Gasteiger partial charge in [-0.05, 0) is 39.1 Å². The van der Waals surface area contributed by atoms with Gasteiger partial charge < -0.3 is 15.1 Å². The molecule has 1 saturated heterocycles. The molecule has 3 heterocycles. The number of carbonyl (C=O) groups is 2. The Morgan fingerprint density at radius 2 is 1.88 bits per heavy atom. The number of hydrogen-bond acceptors (Lipinski definition) is 4. The first-order valence-electron chi connectivity index (χ1n) is 9.27. The normalized spacial score (nSPS) is 15.3. The summed E-state index contributed by atoms with van der Waals surface area (Å²) in [6.07, 6.45) is 6.15. The molecule has 3 rings (SSSR count). The summed E-state index contributed by atoms with van der Waals surface area (Å²) in [6, 6.07) is 5.53. The predicted octanol–water partition coefficient (Wildman–Crippen LogP) is 1.64. The van der Waals surface area contributed by atoms with Gasteiger partial charge in [0.05, 0.1) is 5.52 Å². The summed E-state index contributed by atoms with van der Waals surface area (Å²) in [5.74, 6) is -0.0221. The zero-order valence-corrected chi connectivity index (χ0v) is 15.6. The Balaban J connectivity index is 1.87. The first-order chi connectivity index (χ1) is 12.6. The van der Waals surface area contributed by atoms with Crippen molar-refractivity contribution >= 4 is 17.3 Å². The molecule has 140 valence electrons. The highest BCUT2D eigenvalue weighted by Crippen LogP contribution is 2.17. The molecule has 1 N–H and O–H groups in total. The van der Waals surface area contributed by atoms with Gasteiger partial charge >= 0.3 is 0 Å². The summed E-state index contributed by atoms with van der Waals surface area (Å²) in [4.78, 5) is 33.9. The topological polar surface area (TPSA) is 70.0 Å². The van der Waals surface area contributed by atoms with E-state index in [-0.39, 0.29) is 11.8 Å². The molecule has 0 bridgehead atoms. The van der Waals surface area contributed by atoms with Crippen LogP contribution >= 0.6 is 0 Å². The second-order valence-corrected chi connectivity index (χ2v) is 7.01. The number of hydrogen-bond donors (Lipinski definition) is 1. The fourth-order valence-corrected chi connectivity index (χ4v) is 3.25. The lowest BCUT2D eigenvalue weighted by Gasteiger charge is -2.19. The highest BCUT2D eigenvalue weighted by Gasteiger charge is 2.25. The van der Waals surface area contributed by atoms with Crippen LogP contribution in [0.2, 0.25) is 0 Å². The Bertz CT molecular complexity index is 775. The number of rotatable bonds is 5. The van der Waals surface area contributed by atoms with Crippen molar-refractivity contribution in [3.8, 4) is 0 Å². The predicted molar refractivity (Wildman–Crippen MR) is 100 cm³/mol. The van der Waals surface area contributed by atoms with Gasteiger partial charge in [-0.1, -0.05) is 18.9 Å². The van der Waals surface area contributed by atoms with Crippen molar-refractivity contribution in [3.63, 3.8) is 0 Å². The van der Waals surface area contributed by atoms with E-state index in [0.717, 1.165) is 45.3 Å². The number of nitrogens with one attached hydrogen (secondary N) is 1. The van der Waals surface area contributed by atoms with Crippen molar-refractivity contribution in [3.05, 3.63) is 35.9 Å². The molecular weight excluding hydrogens is 330 g/mol.